The highest BCUT2D eigenvalue weighted by molar-refractivity contribution is 8.37. The maximum atomic E-state index is 11.0. The standard InChI is InChI=1S/C7H9O2PS/c1-6-2-4-7(5-3-6)11(8,9)10/h2-5H,10H2,1H3/p+1. The predicted molar refractivity (Wildman–Crippen MR) is 49.5 cm³/mol. The first-order chi connectivity index (χ1) is 5.00. The Morgan fingerprint density at radius 2 is 1.64 bits per heavy atom. The number of aryl methyl sites for hydroxylation is 1. The fourth-order valence-electron chi connectivity index (χ4n) is 0.746. The lowest BCUT2D eigenvalue weighted by Crippen LogP contribution is -1.88. The molecule has 1 atom stereocenters. The molecule has 0 saturated heterocycles. The van der Waals surface area contributed by atoms with Crippen LogP contribution in [-0.2, 0) is 9.46 Å². The van der Waals surface area contributed by atoms with E-state index in [1.165, 1.54) is 0 Å². The summed E-state index contributed by atoms with van der Waals surface area (Å²) in [5.74, 6) is 0. The number of hydrogen-bond donors (Lipinski definition) is 0. The van der Waals surface area contributed by atoms with Crippen molar-refractivity contribution in [3.63, 3.8) is 0 Å². The molecule has 0 aliphatic carbocycles. The molecule has 0 radical (unpaired) electrons. The Hall–Kier alpha value is -0.400. The molecule has 1 unspecified atom stereocenters. The van der Waals surface area contributed by atoms with Crippen molar-refractivity contribution in [2.45, 2.75) is 11.8 Å². The smallest absolute Gasteiger partial charge is 0.185 e. The van der Waals surface area contributed by atoms with Crippen molar-refractivity contribution >= 4 is 17.9 Å². The fraction of sp³-hybridized carbons (Fsp3) is 0.143. The summed E-state index contributed by atoms with van der Waals surface area (Å²) in [7, 11) is -1.99. The van der Waals surface area contributed by atoms with Gasteiger partial charge in [0, 0.05) is 0 Å². The molecule has 1 rings (SSSR count). The van der Waals surface area contributed by atoms with E-state index in [1.54, 1.807) is 24.3 Å². The molecule has 0 aromatic heterocycles. The fourth-order valence-corrected chi connectivity index (χ4v) is 1.87. The van der Waals surface area contributed by atoms with Gasteiger partial charge < -0.3 is 0 Å². The van der Waals surface area contributed by atoms with Crippen LogP contribution in [0.2, 0.25) is 0 Å². The SMILES string of the molecule is Cc1ccc(S(=O)(=O)[PH3+])cc1. The molecule has 60 valence electrons. The summed E-state index contributed by atoms with van der Waals surface area (Å²) >= 11 is 0. The van der Waals surface area contributed by atoms with Crippen molar-refractivity contribution in [3.8, 4) is 0 Å². The molecule has 4 heteroatoms. The van der Waals surface area contributed by atoms with E-state index in [0.717, 1.165) is 14.0 Å². The second kappa shape index (κ2) is 2.92. The minimum Gasteiger partial charge on any atom is -0.185 e. The molecule has 0 spiro atoms. The van der Waals surface area contributed by atoms with Gasteiger partial charge in [0.1, 0.15) is 4.90 Å². The normalized spacial score (nSPS) is 11.7. The molecule has 11 heavy (non-hydrogen) atoms. The first-order valence-corrected chi connectivity index (χ1v) is 6.53. The summed E-state index contributed by atoms with van der Waals surface area (Å²) in [5, 5.41) is 0. The molecule has 2 nitrogen and oxygen atoms in total. The van der Waals surface area contributed by atoms with Gasteiger partial charge in [-0.05, 0) is 19.1 Å². The molecule has 0 heterocycles. The van der Waals surface area contributed by atoms with Crippen LogP contribution < -0.4 is 0 Å². The summed E-state index contributed by atoms with van der Waals surface area (Å²) < 4.78 is 21.9. The van der Waals surface area contributed by atoms with Crippen LogP contribution >= 0.6 is 8.44 Å². The van der Waals surface area contributed by atoms with Gasteiger partial charge in [0.05, 0.1) is 8.44 Å². The molecule has 0 amide bonds. The topological polar surface area (TPSA) is 34.1 Å². The van der Waals surface area contributed by atoms with E-state index in [-0.39, 0.29) is 0 Å². The summed E-state index contributed by atoms with van der Waals surface area (Å²) in [6.45, 7) is 1.92. The number of hydrogen-bond acceptors (Lipinski definition) is 2. The average Bonchev–Trinajstić information content (AvgIpc) is 1.86. The zero-order valence-corrected chi connectivity index (χ0v) is 8.47. The zero-order chi connectivity index (χ0) is 8.48. The highest BCUT2D eigenvalue weighted by Gasteiger charge is 2.09. The Kier molecular flexibility index (Phi) is 2.31. The van der Waals surface area contributed by atoms with E-state index in [1.807, 2.05) is 6.92 Å². The number of benzene rings is 1. The van der Waals surface area contributed by atoms with Gasteiger partial charge in [0.15, 0.2) is 0 Å². The zero-order valence-electron chi connectivity index (χ0n) is 6.24. The van der Waals surface area contributed by atoms with Gasteiger partial charge in [0.25, 0.3) is 9.46 Å². The molecule has 0 aliphatic heterocycles. The summed E-state index contributed by atoms with van der Waals surface area (Å²) in [6, 6.07) is 6.83. The largest absolute Gasteiger partial charge is 0.277 e. The molecule has 1 aromatic rings. The lowest BCUT2D eigenvalue weighted by molar-refractivity contribution is 0.610. The van der Waals surface area contributed by atoms with Crippen LogP contribution in [-0.4, -0.2) is 8.42 Å². The molecular formula is C7H10O2PS+. The van der Waals surface area contributed by atoms with Crippen LogP contribution in [0.1, 0.15) is 5.56 Å². The third kappa shape index (κ3) is 2.28. The van der Waals surface area contributed by atoms with Crippen LogP contribution in [0.25, 0.3) is 0 Å². The van der Waals surface area contributed by atoms with Crippen LogP contribution in [0.4, 0.5) is 0 Å². The lowest BCUT2D eigenvalue weighted by atomic mass is 10.2. The van der Waals surface area contributed by atoms with Crippen LogP contribution in [0, 0.1) is 6.92 Å². The molecular weight excluding hydrogens is 179 g/mol. The third-order valence-corrected chi connectivity index (χ3v) is 3.37. The van der Waals surface area contributed by atoms with E-state index in [9.17, 15) is 8.42 Å². The molecule has 1 aromatic carbocycles. The summed E-state index contributed by atoms with van der Waals surface area (Å²) in [5.41, 5.74) is 1.07. The first kappa shape index (κ1) is 8.69. The highest BCUT2D eigenvalue weighted by Crippen LogP contribution is 2.16. The molecule has 0 saturated carbocycles. The van der Waals surface area contributed by atoms with Gasteiger partial charge in [-0.1, -0.05) is 17.7 Å². The minimum atomic E-state index is -2.99. The van der Waals surface area contributed by atoms with Gasteiger partial charge in [-0.3, -0.25) is 0 Å². The van der Waals surface area contributed by atoms with Gasteiger partial charge in [-0.25, -0.2) is 0 Å². The van der Waals surface area contributed by atoms with Crippen molar-refractivity contribution < 1.29 is 8.42 Å². The first-order valence-electron chi connectivity index (χ1n) is 3.15. The number of rotatable bonds is 1. The van der Waals surface area contributed by atoms with Crippen LogP contribution in [0.3, 0.4) is 0 Å². The Morgan fingerprint density at radius 3 is 2.00 bits per heavy atom. The van der Waals surface area contributed by atoms with Crippen molar-refractivity contribution in [3.05, 3.63) is 29.8 Å². The van der Waals surface area contributed by atoms with Crippen molar-refractivity contribution in [1.29, 1.82) is 0 Å². The summed E-state index contributed by atoms with van der Waals surface area (Å²) in [4.78, 5) is 0.390. The van der Waals surface area contributed by atoms with Crippen molar-refractivity contribution in [2.24, 2.45) is 0 Å². The van der Waals surface area contributed by atoms with E-state index in [4.69, 9.17) is 0 Å². The second-order valence-corrected chi connectivity index (χ2v) is 6.41. The average molecular weight is 189 g/mol. The molecule has 0 aliphatic rings. The third-order valence-electron chi connectivity index (χ3n) is 1.38. The quantitative estimate of drug-likeness (QED) is 0.624. The van der Waals surface area contributed by atoms with E-state index >= 15 is 0 Å². The van der Waals surface area contributed by atoms with E-state index in [2.05, 4.69) is 0 Å². The second-order valence-electron chi connectivity index (χ2n) is 2.43. The van der Waals surface area contributed by atoms with Gasteiger partial charge in [-0.2, -0.15) is 8.42 Å². The lowest BCUT2D eigenvalue weighted by Gasteiger charge is -1.93. The Balaban J connectivity index is 3.20. The van der Waals surface area contributed by atoms with E-state index in [0.29, 0.717) is 4.90 Å². The maximum absolute atomic E-state index is 11.0. The Bertz CT molecular complexity index is 339. The van der Waals surface area contributed by atoms with Gasteiger partial charge in [-0.15, -0.1) is 0 Å². The van der Waals surface area contributed by atoms with Gasteiger partial charge >= 0.3 is 0 Å². The molecule has 0 bridgehead atoms. The van der Waals surface area contributed by atoms with Crippen LogP contribution in [0.5, 0.6) is 0 Å². The highest BCUT2D eigenvalue weighted by atomic mass is 32.7. The van der Waals surface area contributed by atoms with Crippen molar-refractivity contribution in [2.75, 3.05) is 0 Å². The predicted octanol–water partition coefficient (Wildman–Crippen LogP) is 1.29. The minimum absolute atomic E-state index is 0.390. The Morgan fingerprint density at radius 1 is 1.18 bits per heavy atom. The van der Waals surface area contributed by atoms with Crippen LogP contribution in [0.15, 0.2) is 29.2 Å². The summed E-state index contributed by atoms with van der Waals surface area (Å²) in [6.07, 6.45) is 0. The molecule has 0 fully saturated rings. The van der Waals surface area contributed by atoms with E-state index < -0.39 is 9.46 Å². The monoisotopic (exact) mass is 189 g/mol. The van der Waals surface area contributed by atoms with Crippen molar-refractivity contribution in [1.82, 2.24) is 0 Å². The molecule has 0 N–H and O–H groups in total. The maximum Gasteiger partial charge on any atom is 0.277 e. The van der Waals surface area contributed by atoms with Gasteiger partial charge in [0.2, 0.25) is 0 Å². The Labute approximate surface area is 68.5 Å².